The van der Waals surface area contributed by atoms with Gasteiger partial charge in [0.1, 0.15) is 0 Å². The number of benzene rings is 1. The Hall–Kier alpha value is -3.00. The zero-order valence-corrected chi connectivity index (χ0v) is 13.1. The molecule has 2 heteroatoms. The molecule has 0 aliphatic heterocycles. The van der Waals surface area contributed by atoms with Crippen LogP contribution in [-0.2, 0) is 9.59 Å². The van der Waals surface area contributed by atoms with Crippen molar-refractivity contribution in [1.29, 1.82) is 0 Å². The van der Waals surface area contributed by atoms with Crippen LogP contribution >= 0.6 is 0 Å². The minimum absolute atomic E-state index is 0.0503. The van der Waals surface area contributed by atoms with E-state index >= 15 is 0 Å². The van der Waals surface area contributed by atoms with E-state index in [-0.39, 0.29) is 23.4 Å². The summed E-state index contributed by atoms with van der Waals surface area (Å²) < 4.78 is 0. The van der Waals surface area contributed by atoms with Crippen molar-refractivity contribution in [3.63, 3.8) is 0 Å². The van der Waals surface area contributed by atoms with Gasteiger partial charge < -0.3 is 0 Å². The van der Waals surface area contributed by atoms with Crippen molar-refractivity contribution < 1.29 is 9.59 Å². The van der Waals surface area contributed by atoms with Crippen molar-refractivity contribution in [3.8, 4) is 0 Å². The monoisotopic (exact) mass is 312 g/mol. The Labute approximate surface area is 140 Å². The lowest BCUT2D eigenvalue weighted by atomic mass is 9.77. The molecule has 0 bridgehead atoms. The maximum atomic E-state index is 13.2. The number of hydrogen-bond acceptors (Lipinski definition) is 2. The third kappa shape index (κ3) is 2.37. The molecule has 3 aliphatic carbocycles. The van der Waals surface area contributed by atoms with Crippen LogP contribution in [0.5, 0.6) is 0 Å². The minimum atomic E-state index is -0.133. The molecule has 116 valence electrons. The summed E-state index contributed by atoms with van der Waals surface area (Å²) >= 11 is 0. The van der Waals surface area contributed by atoms with E-state index in [1.54, 1.807) is 0 Å². The van der Waals surface area contributed by atoms with Gasteiger partial charge in [-0.25, -0.2) is 0 Å². The molecule has 4 rings (SSSR count). The molecular weight excluding hydrogens is 296 g/mol. The molecule has 0 heterocycles. The van der Waals surface area contributed by atoms with Gasteiger partial charge in [-0.3, -0.25) is 9.59 Å². The molecule has 1 aromatic rings. The van der Waals surface area contributed by atoms with E-state index in [9.17, 15) is 9.59 Å². The Morgan fingerprint density at radius 3 is 1.79 bits per heavy atom. The van der Waals surface area contributed by atoms with Gasteiger partial charge in [0.15, 0.2) is 11.6 Å². The molecular formula is C22H16O2. The van der Waals surface area contributed by atoms with Crippen molar-refractivity contribution in [1.82, 2.24) is 0 Å². The molecule has 3 aliphatic rings. The molecule has 24 heavy (non-hydrogen) atoms. The van der Waals surface area contributed by atoms with E-state index in [0.717, 1.165) is 5.56 Å². The fourth-order valence-electron chi connectivity index (χ4n) is 3.43. The average Bonchev–Trinajstić information content (AvgIpc) is 3.30. The van der Waals surface area contributed by atoms with Crippen molar-refractivity contribution in [2.24, 2.45) is 11.8 Å². The first kappa shape index (κ1) is 14.6. The Bertz CT molecular complexity index is 865. The number of Topliss-reactive ketones (excluding diaryl/α,β-unsaturated/α-hetero) is 1. The largest absolute Gasteiger partial charge is 0.290 e. The van der Waals surface area contributed by atoms with Gasteiger partial charge in [-0.05, 0) is 11.6 Å². The summed E-state index contributed by atoms with van der Waals surface area (Å²) in [5.41, 5.74) is 2.48. The summed E-state index contributed by atoms with van der Waals surface area (Å²) in [6.45, 7) is 0. The lowest BCUT2D eigenvalue weighted by Crippen LogP contribution is -2.25. The second-order valence-corrected chi connectivity index (χ2v) is 6.04. The van der Waals surface area contributed by atoms with E-state index in [2.05, 4.69) is 0 Å². The zero-order chi connectivity index (χ0) is 16.5. The quantitative estimate of drug-likeness (QED) is 0.791. The number of allylic oxidation sites excluding steroid dienone is 12. The van der Waals surface area contributed by atoms with Gasteiger partial charge in [0, 0.05) is 28.6 Å². The maximum Gasteiger partial charge on any atom is 0.191 e. The van der Waals surface area contributed by atoms with E-state index in [1.165, 1.54) is 6.08 Å². The smallest absolute Gasteiger partial charge is 0.191 e. The fraction of sp³-hybridized carbons (Fsp3) is 0.0909. The van der Waals surface area contributed by atoms with E-state index in [0.29, 0.717) is 16.7 Å². The van der Waals surface area contributed by atoms with Crippen molar-refractivity contribution in [3.05, 3.63) is 102 Å². The summed E-state index contributed by atoms with van der Waals surface area (Å²) in [6.07, 6.45) is 17.1. The van der Waals surface area contributed by atoms with Crippen LogP contribution in [0.2, 0.25) is 0 Å². The lowest BCUT2D eigenvalue weighted by Gasteiger charge is -2.24. The number of carbonyl (C=O) groups excluding carboxylic acids is 2. The third-order valence-electron chi connectivity index (χ3n) is 4.57. The summed E-state index contributed by atoms with van der Waals surface area (Å²) in [4.78, 5) is 26.1. The molecule has 1 aromatic carbocycles. The van der Waals surface area contributed by atoms with Gasteiger partial charge >= 0.3 is 0 Å². The molecule has 0 amide bonds. The highest BCUT2D eigenvalue weighted by Gasteiger charge is 2.35. The van der Waals surface area contributed by atoms with Gasteiger partial charge in [-0.15, -0.1) is 0 Å². The fourth-order valence-corrected chi connectivity index (χ4v) is 3.43. The molecule has 0 spiro atoms. The van der Waals surface area contributed by atoms with E-state index in [1.807, 2.05) is 78.9 Å². The molecule has 0 N–H and O–H groups in total. The van der Waals surface area contributed by atoms with Gasteiger partial charge in [-0.1, -0.05) is 78.9 Å². The highest BCUT2D eigenvalue weighted by Crippen LogP contribution is 2.37. The molecule has 0 saturated heterocycles. The predicted octanol–water partition coefficient (Wildman–Crippen LogP) is 4.00. The predicted molar refractivity (Wildman–Crippen MR) is 95.0 cm³/mol. The van der Waals surface area contributed by atoms with Crippen molar-refractivity contribution in [2.75, 3.05) is 0 Å². The normalized spacial score (nSPS) is 20.6. The molecule has 0 unspecified atom stereocenters. The van der Waals surface area contributed by atoms with E-state index in [4.69, 9.17) is 0 Å². The molecule has 2 nitrogen and oxygen atoms in total. The number of rotatable bonds is 3. The topological polar surface area (TPSA) is 34.1 Å². The van der Waals surface area contributed by atoms with Gasteiger partial charge in [-0.2, -0.15) is 0 Å². The van der Waals surface area contributed by atoms with Crippen LogP contribution in [-0.4, -0.2) is 11.6 Å². The van der Waals surface area contributed by atoms with Crippen molar-refractivity contribution >= 4 is 17.1 Å². The average molecular weight is 312 g/mol. The molecule has 0 atom stereocenters. The van der Waals surface area contributed by atoms with Crippen LogP contribution in [0.3, 0.4) is 0 Å². The highest BCUT2D eigenvalue weighted by molar-refractivity contribution is 6.38. The van der Waals surface area contributed by atoms with Crippen LogP contribution < -0.4 is 0 Å². The summed E-state index contributed by atoms with van der Waals surface area (Å²) in [5.74, 6) is -0.372. The number of carbonyl (C=O) groups is 2. The van der Waals surface area contributed by atoms with Crippen LogP contribution in [0, 0.1) is 11.8 Å². The zero-order valence-electron chi connectivity index (χ0n) is 13.1. The van der Waals surface area contributed by atoms with Crippen LogP contribution in [0.1, 0.15) is 5.56 Å². The maximum absolute atomic E-state index is 13.2. The summed E-state index contributed by atoms with van der Waals surface area (Å²) in [7, 11) is 0. The van der Waals surface area contributed by atoms with Crippen LogP contribution in [0.15, 0.2) is 96.2 Å². The van der Waals surface area contributed by atoms with Crippen LogP contribution in [0.4, 0.5) is 0 Å². The van der Waals surface area contributed by atoms with Gasteiger partial charge in [0.25, 0.3) is 0 Å². The van der Waals surface area contributed by atoms with Crippen molar-refractivity contribution in [2.45, 2.75) is 0 Å². The minimum Gasteiger partial charge on any atom is -0.290 e. The summed E-state index contributed by atoms with van der Waals surface area (Å²) in [5, 5.41) is 0. The van der Waals surface area contributed by atoms with Gasteiger partial charge in [0.2, 0.25) is 0 Å². The first-order valence-electron chi connectivity index (χ1n) is 8.06. The molecule has 0 saturated carbocycles. The number of hydrogen-bond donors (Lipinski definition) is 0. The molecule has 0 aromatic heterocycles. The van der Waals surface area contributed by atoms with Gasteiger partial charge in [0.05, 0.1) is 0 Å². The second kappa shape index (κ2) is 5.89. The first-order valence-corrected chi connectivity index (χ1v) is 8.06. The lowest BCUT2D eigenvalue weighted by molar-refractivity contribution is -0.115. The standard InChI is InChI=1S/C22H16O2/c23-19-14-18(15-8-2-1-3-9-15)22(24)21(17-12-6-7-13-17)20(19)16-10-4-5-11-16/h1-14,16-17H. The Morgan fingerprint density at radius 1 is 0.667 bits per heavy atom. The highest BCUT2D eigenvalue weighted by atomic mass is 16.1. The Kier molecular flexibility index (Phi) is 3.58. The van der Waals surface area contributed by atoms with E-state index < -0.39 is 0 Å². The second-order valence-electron chi connectivity index (χ2n) is 6.04. The molecule has 0 fully saturated rings. The Morgan fingerprint density at radius 2 is 1.21 bits per heavy atom. The Balaban J connectivity index is 1.85. The molecule has 0 radical (unpaired) electrons. The SMILES string of the molecule is O=C1C=C(c2ccccc2)C(=O)C(C2C=CC=C2)=C1C1C=CC=C1. The number of ketones is 2. The van der Waals surface area contributed by atoms with Crippen LogP contribution in [0.25, 0.3) is 5.57 Å². The summed E-state index contributed by atoms with van der Waals surface area (Å²) in [6, 6.07) is 9.40. The first-order chi connectivity index (χ1) is 11.8. The third-order valence-corrected chi connectivity index (χ3v) is 4.57.